The molecule has 0 radical (unpaired) electrons. The molecule has 0 saturated heterocycles. The predicted octanol–water partition coefficient (Wildman–Crippen LogP) is 5.10. The molecule has 0 spiro atoms. The van der Waals surface area contributed by atoms with Gasteiger partial charge in [-0.1, -0.05) is 23.2 Å². The van der Waals surface area contributed by atoms with Gasteiger partial charge in [0.2, 0.25) is 0 Å². The van der Waals surface area contributed by atoms with E-state index in [-0.39, 0.29) is 0 Å². The Morgan fingerprint density at radius 3 is 2.20 bits per heavy atom. The number of benzene rings is 2. The van der Waals surface area contributed by atoms with E-state index in [1.807, 2.05) is 50.2 Å². The van der Waals surface area contributed by atoms with E-state index in [2.05, 4.69) is 5.32 Å². The highest BCUT2D eigenvalue weighted by molar-refractivity contribution is 6.32. The SMILES string of the molecule is Cc1cc(OCCNc2ccc(Cl)cc2)cc(C)c1Cl. The van der Waals surface area contributed by atoms with E-state index in [4.69, 9.17) is 27.9 Å². The van der Waals surface area contributed by atoms with E-state index in [0.717, 1.165) is 39.2 Å². The summed E-state index contributed by atoms with van der Waals surface area (Å²) in [6.07, 6.45) is 0. The van der Waals surface area contributed by atoms with E-state index in [1.165, 1.54) is 0 Å². The highest BCUT2D eigenvalue weighted by Crippen LogP contribution is 2.25. The molecule has 2 aromatic carbocycles. The average molecular weight is 310 g/mol. The lowest BCUT2D eigenvalue weighted by Gasteiger charge is -2.11. The first kappa shape index (κ1) is 15.0. The summed E-state index contributed by atoms with van der Waals surface area (Å²) in [6.45, 7) is 5.27. The van der Waals surface area contributed by atoms with Crippen molar-refractivity contribution in [2.45, 2.75) is 13.8 Å². The maximum absolute atomic E-state index is 6.13. The Balaban J connectivity index is 1.83. The van der Waals surface area contributed by atoms with Crippen molar-refractivity contribution >= 4 is 28.9 Å². The minimum Gasteiger partial charge on any atom is -0.492 e. The second-order valence-corrected chi connectivity index (χ2v) is 5.47. The van der Waals surface area contributed by atoms with Crippen LogP contribution in [0, 0.1) is 13.8 Å². The Bertz CT molecular complexity index is 559. The van der Waals surface area contributed by atoms with Gasteiger partial charge in [0.25, 0.3) is 0 Å². The molecular formula is C16H17Cl2NO. The van der Waals surface area contributed by atoms with Crippen molar-refractivity contribution in [2.24, 2.45) is 0 Å². The lowest BCUT2D eigenvalue weighted by Crippen LogP contribution is -2.11. The van der Waals surface area contributed by atoms with Crippen LogP contribution in [0.2, 0.25) is 10.0 Å². The molecule has 2 rings (SSSR count). The number of hydrogen-bond acceptors (Lipinski definition) is 2. The second kappa shape index (κ2) is 6.87. The number of nitrogens with one attached hydrogen (secondary N) is 1. The van der Waals surface area contributed by atoms with Crippen LogP contribution in [0.4, 0.5) is 5.69 Å². The van der Waals surface area contributed by atoms with E-state index >= 15 is 0 Å². The number of halogens is 2. The number of rotatable bonds is 5. The van der Waals surface area contributed by atoms with Crippen molar-refractivity contribution in [1.29, 1.82) is 0 Å². The van der Waals surface area contributed by atoms with E-state index in [1.54, 1.807) is 0 Å². The zero-order valence-electron chi connectivity index (χ0n) is 11.5. The van der Waals surface area contributed by atoms with Gasteiger partial charge in [-0.3, -0.25) is 0 Å². The molecule has 2 nitrogen and oxygen atoms in total. The highest BCUT2D eigenvalue weighted by Gasteiger charge is 2.03. The van der Waals surface area contributed by atoms with Crippen LogP contribution in [0.25, 0.3) is 0 Å². The van der Waals surface area contributed by atoms with E-state index < -0.39 is 0 Å². The van der Waals surface area contributed by atoms with Gasteiger partial charge >= 0.3 is 0 Å². The van der Waals surface area contributed by atoms with E-state index in [0.29, 0.717) is 6.61 Å². The van der Waals surface area contributed by atoms with Crippen molar-refractivity contribution in [2.75, 3.05) is 18.5 Å². The maximum Gasteiger partial charge on any atom is 0.120 e. The van der Waals surface area contributed by atoms with Crippen molar-refractivity contribution < 1.29 is 4.74 Å². The molecule has 106 valence electrons. The first-order valence-electron chi connectivity index (χ1n) is 6.45. The van der Waals surface area contributed by atoms with Crippen molar-refractivity contribution in [1.82, 2.24) is 0 Å². The third-order valence-corrected chi connectivity index (χ3v) is 3.80. The van der Waals surface area contributed by atoms with Crippen molar-refractivity contribution in [3.63, 3.8) is 0 Å². The lowest BCUT2D eigenvalue weighted by molar-refractivity contribution is 0.332. The van der Waals surface area contributed by atoms with Gasteiger partial charge in [0, 0.05) is 22.3 Å². The molecule has 2 aromatic rings. The monoisotopic (exact) mass is 309 g/mol. The molecular weight excluding hydrogens is 293 g/mol. The summed E-state index contributed by atoms with van der Waals surface area (Å²) in [5, 5.41) is 4.81. The third kappa shape index (κ3) is 4.06. The van der Waals surface area contributed by atoms with Crippen molar-refractivity contribution in [3.8, 4) is 5.75 Å². The summed E-state index contributed by atoms with van der Waals surface area (Å²) in [4.78, 5) is 0. The van der Waals surface area contributed by atoms with Gasteiger partial charge in [-0.05, 0) is 61.4 Å². The zero-order chi connectivity index (χ0) is 14.5. The molecule has 0 aromatic heterocycles. The van der Waals surface area contributed by atoms with Crippen LogP contribution in [0.15, 0.2) is 36.4 Å². The number of hydrogen-bond donors (Lipinski definition) is 1. The van der Waals surface area contributed by atoms with Crippen LogP contribution in [-0.4, -0.2) is 13.2 Å². The molecule has 0 heterocycles. The van der Waals surface area contributed by atoms with Crippen LogP contribution in [0.1, 0.15) is 11.1 Å². The van der Waals surface area contributed by atoms with E-state index in [9.17, 15) is 0 Å². The molecule has 1 N–H and O–H groups in total. The topological polar surface area (TPSA) is 21.3 Å². The minimum absolute atomic E-state index is 0.586. The van der Waals surface area contributed by atoms with Crippen LogP contribution >= 0.6 is 23.2 Å². The number of ether oxygens (including phenoxy) is 1. The van der Waals surface area contributed by atoms with Crippen LogP contribution < -0.4 is 10.1 Å². The molecule has 0 fully saturated rings. The third-order valence-electron chi connectivity index (χ3n) is 2.95. The predicted molar refractivity (Wildman–Crippen MR) is 86.4 cm³/mol. The Morgan fingerprint density at radius 1 is 1.00 bits per heavy atom. The van der Waals surface area contributed by atoms with Crippen LogP contribution in [0.5, 0.6) is 5.75 Å². The first-order valence-corrected chi connectivity index (χ1v) is 7.21. The normalized spacial score (nSPS) is 10.4. The highest BCUT2D eigenvalue weighted by atomic mass is 35.5. The molecule has 0 aliphatic carbocycles. The van der Waals surface area contributed by atoms with Crippen LogP contribution in [-0.2, 0) is 0 Å². The summed E-state index contributed by atoms with van der Waals surface area (Å²) in [5.41, 5.74) is 3.10. The lowest BCUT2D eigenvalue weighted by atomic mass is 10.1. The number of anilines is 1. The fourth-order valence-electron chi connectivity index (χ4n) is 1.92. The van der Waals surface area contributed by atoms with Crippen molar-refractivity contribution in [3.05, 3.63) is 57.6 Å². The molecule has 4 heteroatoms. The Hall–Kier alpha value is -1.38. The standard InChI is InChI=1S/C16H17Cl2NO/c1-11-9-15(10-12(2)16(11)18)20-8-7-19-14-5-3-13(17)4-6-14/h3-6,9-10,19H,7-8H2,1-2H3. The Labute approximate surface area is 129 Å². The second-order valence-electron chi connectivity index (χ2n) is 4.65. The average Bonchev–Trinajstić information content (AvgIpc) is 2.43. The summed E-state index contributed by atoms with van der Waals surface area (Å²) >= 11 is 12.0. The summed E-state index contributed by atoms with van der Waals surface area (Å²) in [6, 6.07) is 11.5. The molecule has 0 bridgehead atoms. The largest absolute Gasteiger partial charge is 0.492 e. The first-order chi connectivity index (χ1) is 9.56. The summed E-state index contributed by atoms with van der Waals surface area (Å²) in [5.74, 6) is 0.849. The summed E-state index contributed by atoms with van der Waals surface area (Å²) < 4.78 is 5.72. The Morgan fingerprint density at radius 2 is 1.60 bits per heavy atom. The molecule has 20 heavy (non-hydrogen) atoms. The molecule has 0 saturated carbocycles. The minimum atomic E-state index is 0.586. The van der Waals surface area contributed by atoms with Gasteiger partial charge in [-0.25, -0.2) is 0 Å². The fourth-order valence-corrected chi connectivity index (χ4v) is 2.16. The van der Waals surface area contributed by atoms with Crippen LogP contribution in [0.3, 0.4) is 0 Å². The summed E-state index contributed by atoms with van der Waals surface area (Å²) in [7, 11) is 0. The smallest absolute Gasteiger partial charge is 0.120 e. The van der Waals surface area contributed by atoms with Gasteiger partial charge in [0.05, 0.1) is 0 Å². The molecule has 0 aliphatic heterocycles. The molecule has 0 unspecified atom stereocenters. The number of aryl methyl sites for hydroxylation is 2. The van der Waals surface area contributed by atoms with Gasteiger partial charge in [-0.2, -0.15) is 0 Å². The zero-order valence-corrected chi connectivity index (χ0v) is 13.1. The van der Waals surface area contributed by atoms with Gasteiger partial charge < -0.3 is 10.1 Å². The van der Waals surface area contributed by atoms with Gasteiger partial charge in [-0.15, -0.1) is 0 Å². The van der Waals surface area contributed by atoms with Gasteiger partial charge in [0.1, 0.15) is 12.4 Å². The van der Waals surface area contributed by atoms with Gasteiger partial charge in [0.15, 0.2) is 0 Å². The Kier molecular flexibility index (Phi) is 5.16. The molecule has 0 atom stereocenters. The molecule has 0 aliphatic rings. The molecule has 0 amide bonds. The maximum atomic E-state index is 6.13. The quantitative estimate of drug-likeness (QED) is 0.776. The fraction of sp³-hybridized carbons (Fsp3) is 0.250.